The van der Waals surface area contributed by atoms with Crippen LogP contribution in [0.25, 0.3) is 4.85 Å². The number of alkyl halides is 3. The Morgan fingerprint density at radius 1 is 1.16 bits per heavy atom. The number of amides is 1. The highest BCUT2D eigenvalue weighted by Crippen LogP contribution is 2.40. The van der Waals surface area contributed by atoms with Crippen LogP contribution in [-0.2, 0) is 17.5 Å². The molecule has 0 radical (unpaired) electrons. The van der Waals surface area contributed by atoms with Crippen molar-refractivity contribution in [3.05, 3.63) is 65.0 Å². The van der Waals surface area contributed by atoms with Gasteiger partial charge in [0.25, 0.3) is 5.91 Å². The first kappa shape index (κ1) is 28.4. The number of carbonyl (C=O) groups excluding carboxylic acids is 1. The molecule has 1 saturated heterocycles. The molecule has 1 heterocycles. The fourth-order valence-electron chi connectivity index (χ4n) is 4.00. The topological polar surface area (TPSA) is 40.4 Å². The van der Waals surface area contributed by atoms with Gasteiger partial charge in [0.15, 0.2) is 10.8 Å². The van der Waals surface area contributed by atoms with Crippen LogP contribution < -0.4 is 9.64 Å². The fourth-order valence-corrected chi connectivity index (χ4v) is 4.51. The van der Waals surface area contributed by atoms with Crippen LogP contribution in [0.4, 0.5) is 24.5 Å². The maximum atomic E-state index is 13.5. The Hall–Kier alpha value is -3.16. The van der Waals surface area contributed by atoms with Gasteiger partial charge >= 0.3 is 6.18 Å². The molecule has 0 atom stereocenters. The quantitative estimate of drug-likeness (QED) is 0.216. The molecule has 2 aromatic carbocycles. The third-order valence-electron chi connectivity index (χ3n) is 6.52. The van der Waals surface area contributed by atoms with Crippen LogP contribution in [0.5, 0.6) is 5.75 Å². The van der Waals surface area contributed by atoms with E-state index >= 15 is 0 Å². The Morgan fingerprint density at radius 3 is 2.38 bits per heavy atom. The minimum absolute atomic E-state index is 0.00949. The number of hydrogen-bond donors (Lipinski definition) is 0. The van der Waals surface area contributed by atoms with Crippen LogP contribution >= 0.6 is 12.2 Å². The normalized spacial score (nSPS) is 15.6. The molecule has 0 bridgehead atoms. The first-order valence-corrected chi connectivity index (χ1v) is 12.3. The number of thiocarbonyl (C=S) groups is 1. The van der Waals surface area contributed by atoms with E-state index in [4.69, 9.17) is 23.5 Å². The van der Waals surface area contributed by atoms with Gasteiger partial charge in [-0.05, 0) is 83.2 Å². The van der Waals surface area contributed by atoms with Crippen LogP contribution in [0.1, 0.15) is 45.2 Å². The van der Waals surface area contributed by atoms with Gasteiger partial charge in [0, 0.05) is 24.8 Å². The Labute approximate surface area is 221 Å². The summed E-state index contributed by atoms with van der Waals surface area (Å²) in [5, 5.41) is 0.123. The predicted octanol–water partition coefficient (Wildman–Crippen LogP) is 6.28. The van der Waals surface area contributed by atoms with Gasteiger partial charge in [-0.25, -0.2) is 4.85 Å². The monoisotopic (exact) mass is 532 g/mol. The molecular weight excluding hydrogens is 501 g/mol. The molecule has 1 aliphatic heterocycles. The van der Waals surface area contributed by atoms with Crippen molar-refractivity contribution < 1.29 is 22.7 Å². The molecule has 0 saturated carbocycles. The summed E-state index contributed by atoms with van der Waals surface area (Å²) in [5.41, 5.74) is -1.49. The molecule has 0 spiro atoms. The van der Waals surface area contributed by atoms with Crippen LogP contribution in [0.2, 0.25) is 0 Å². The standard InChI is InChI=1S/C27H31F3N4O2S/c1-18(2)32(6)17-19-8-11-21(12-9-19)36-15-7-14-33-25(37)34(24(35)26(33,3)4)20-10-13-23(31-5)22(16-20)27(28,29)30/h8-13,16,18H,7,14-15,17H2,1-4,6H3. The first-order valence-electron chi connectivity index (χ1n) is 11.9. The van der Waals surface area contributed by atoms with Crippen molar-refractivity contribution in [2.75, 3.05) is 25.1 Å². The summed E-state index contributed by atoms with van der Waals surface area (Å²) in [6, 6.07) is 11.5. The SMILES string of the molecule is [C-]#[N+]c1ccc(N2C(=O)C(C)(C)N(CCCOc3ccc(CN(C)C(C)C)cc3)C2=S)cc1C(F)(F)F. The van der Waals surface area contributed by atoms with Crippen LogP contribution in [-0.4, -0.2) is 52.6 Å². The summed E-state index contributed by atoms with van der Waals surface area (Å²) in [7, 11) is 2.07. The maximum Gasteiger partial charge on any atom is 0.407 e. The maximum absolute atomic E-state index is 13.5. The molecule has 2 aromatic rings. The highest BCUT2D eigenvalue weighted by Gasteiger charge is 2.49. The van der Waals surface area contributed by atoms with Gasteiger partial charge in [0.2, 0.25) is 0 Å². The lowest BCUT2D eigenvalue weighted by atomic mass is 10.0. The lowest BCUT2D eigenvalue weighted by Crippen LogP contribution is -2.44. The molecule has 37 heavy (non-hydrogen) atoms. The van der Waals surface area contributed by atoms with Crippen molar-refractivity contribution in [1.29, 1.82) is 0 Å². The summed E-state index contributed by atoms with van der Waals surface area (Å²) < 4.78 is 46.3. The van der Waals surface area contributed by atoms with E-state index in [1.807, 2.05) is 24.3 Å². The fraction of sp³-hybridized carbons (Fsp3) is 0.444. The molecule has 1 amide bonds. The summed E-state index contributed by atoms with van der Waals surface area (Å²) in [6.07, 6.45) is -4.18. The lowest BCUT2D eigenvalue weighted by molar-refractivity contribution is -0.136. The predicted molar refractivity (Wildman–Crippen MR) is 142 cm³/mol. The number of nitrogens with zero attached hydrogens (tertiary/aromatic N) is 4. The van der Waals surface area contributed by atoms with E-state index in [2.05, 4.69) is 30.6 Å². The Morgan fingerprint density at radius 2 is 1.81 bits per heavy atom. The number of anilines is 1. The van der Waals surface area contributed by atoms with Crippen LogP contribution in [0.15, 0.2) is 42.5 Å². The van der Waals surface area contributed by atoms with E-state index < -0.39 is 28.9 Å². The highest BCUT2D eigenvalue weighted by molar-refractivity contribution is 7.80. The molecule has 0 N–H and O–H groups in total. The van der Waals surface area contributed by atoms with Gasteiger partial charge < -0.3 is 9.64 Å². The molecule has 0 aromatic heterocycles. The first-order chi connectivity index (χ1) is 17.3. The number of hydrogen-bond acceptors (Lipinski definition) is 4. The molecule has 1 aliphatic rings. The molecule has 0 unspecified atom stereocenters. The molecule has 198 valence electrons. The number of benzene rings is 2. The minimum Gasteiger partial charge on any atom is -0.494 e. The van der Waals surface area contributed by atoms with Crippen molar-refractivity contribution >= 4 is 34.6 Å². The van der Waals surface area contributed by atoms with Crippen molar-refractivity contribution in [2.24, 2.45) is 0 Å². The van der Waals surface area contributed by atoms with Gasteiger partial charge in [-0.2, -0.15) is 13.2 Å². The van der Waals surface area contributed by atoms with E-state index in [0.717, 1.165) is 29.3 Å². The summed E-state index contributed by atoms with van der Waals surface area (Å²) in [6.45, 7) is 16.3. The molecule has 6 nitrogen and oxygen atoms in total. The van der Waals surface area contributed by atoms with Crippen molar-refractivity contribution in [3.63, 3.8) is 0 Å². The molecule has 1 fully saturated rings. The number of halogens is 3. The zero-order chi connectivity index (χ0) is 27.5. The van der Waals surface area contributed by atoms with Gasteiger partial charge in [0.1, 0.15) is 11.3 Å². The smallest absolute Gasteiger partial charge is 0.407 e. The summed E-state index contributed by atoms with van der Waals surface area (Å²) >= 11 is 5.52. The zero-order valence-electron chi connectivity index (χ0n) is 21.6. The van der Waals surface area contributed by atoms with Gasteiger partial charge in [-0.1, -0.05) is 18.2 Å². The van der Waals surface area contributed by atoms with Gasteiger partial charge in [-0.15, -0.1) is 0 Å². The number of carbonyl (C=O) groups is 1. The van der Waals surface area contributed by atoms with E-state index in [1.165, 1.54) is 11.6 Å². The minimum atomic E-state index is -4.73. The molecule has 3 rings (SSSR count). The third-order valence-corrected chi connectivity index (χ3v) is 6.92. The average molecular weight is 533 g/mol. The summed E-state index contributed by atoms with van der Waals surface area (Å²) in [4.78, 5) is 21.2. The second kappa shape index (κ2) is 11.1. The summed E-state index contributed by atoms with van der Waals surface area (Å²) in [5.74, 6) is 0.306. The Bertz CT molecular complexity index is 1190. The Balaban J connectivity index is 1.65. The molecule has 0 aliphatic carbocycles. The van der Waals surface area contributed by atoms with E-state index in [0.29, 0.717) is 25.6 Å². The molecule has 10 heteroatoms. The molecular formula is C27H31F3N4O2S. The second-order valence-corrected chi connectivity index (χ2v) is 10.2. The average Bonchev–Trinajstić information content (AvgIpc) is 3.00. The zero-order valence-corrected chi connectivity index (χ0v) is 22.4. The van der Waals surface area contributed by atoms with Crippen LogP contribution in [0, 0.1) is 6.57 Å². The van der Waals surface area contributed by atoms with E-state index in [9.17, 15) is 18.0 Å². The van der Waals surface area contributed by atoms with Crippen molar-refractivity contribution in [1.82, 2.24) is 9.80 Å². The van der Waals surface area contributed by atoms with Gasteiger partial charge in [-0.3, -0.25) is 14.6 Å². The lowest BCUT2D eigenvalue weighted by Gasteiger charge is -2.29. The van der Waals surface area contributed by atoms with Crippen molar-refractivity contribution in [3.8, 4) is 5.75 Å². The third kappa shape index (κ3) is 6.22. The van der Waals surface area contributed by atoms with E-state index in [-0.39, 0.29) is 10.8 Å². The number of rotatable bonds is 9. The Kier molecular flexibility index (Phi) is 8.50. The largest absolute Gasteiger partial charge is 0.494 e. The van der Waals surface area contributed by atoms with Crippen molar-refractivity contribution in [2.45, 2.75) is 58.4 Å². The second-order valence-electron chi connectivity index (χ2n) is 9.80. The van der Waals surface area contributed by atoms with Gasteiger partial charge in [0.05, 0.1) is 18.7 Å². The van der Waals surface area contributed by atoms with Crippen LogP contribution in [0.3, 0.4) is 0 Å². The van der Waals surface area contributed by atoms with E-state index in [1.54, 1.807) is 18.7 Å². The number of ether oxygens (including phenoxy) is 1. The highest BCUT2D eigenvalue weighted by atomic mass is 32.1.